The molecule has 0 bridgehead atoms. The molecule has 0 radical (unpaired) electrons. The van der Waals surface area contributed by atoms with Crippen LogP contribution in [-0.4, -0.2) is 20.6 Å². The Kier molecular flexibility index (Phi) is 5.04. The van der Waals surface area contributed by atoms with Crippen LogP contribution in [0.25, 0.3) is 11.0 Å². The van der Waals surface area contributed by atoms with Gasteiger partial charge in [0.1, 0.15) is 12.4 Å². The largest absolute Gasteiger partial charge is 0.388 e. The molecule has 3 rings (SSSR count). The maximum Gasteiger partial charge on any atom is 0.222 e. The van der Waals surface area contributed by atoms with Crippen molar-refractivity contribution in [2.45, 2.75) is 26.1 Å². The molecule has 1 aromatic heterocycles. The van der Waals surface area contributed by atoms with Gasteiger partial charge in [-0.3, -0.25) is 4.79 Å². The van der Waals surface area contributed by atoms with E-state index in [1.165, 1.54) is 6.07 Å². The summed E-state index contributed by atoms with van der Waals surface area (Å²) in [4.78, 5) is 16.3. The number of para-hydroxylation sites is 2. The molecule has 2 N–H and O–H groups in total. The van der Waals surface area contributed by atoms with Crippen molar-refractivity contribution < 1.29 is 18.7 Å². The van der Waals surface area contributed by atoms with Crippen LogP contribution in [0.1, 0.15) is 17.8 Å². The number of fused-ring (bicyclic) bond motifs is 1. The molecule has 25 heavy (non-hydrogen) atoms. The third-order valence-electron chi connectivity index (χ3n) is 3.91. The van der Waals surface area contributed by atoms with Gasteiger partial charge in [0.25, 0.3) is 0 Å². The van der Waals surface area contributed by atoms with Crippen LogP contribution in [0.15, 0.2) is 42.5 Å². The Morgan fingerprint density at radius 2 is 1.96 bits per heavy atom. The van der Waals surface area contributed by atoms with Crippen molar-refractivity contribution in [1.29, 1.82) is 0 Å². The first kappa shape index (κ1) is 17.0. The van der Waals surface area contributed by atoms with E-state index in [-0.39, 0.29) is 25.5 Å². The van der Waals surface area contributed by atoms with Gasteiger partial charge in [-0.05, 0) is 29.8 Å². The third-order valence-corrected chi connectivity index (χ3v) is 3.91. The smallest absolute Gasteiger partial charge is 0.222 e. The Morgan fingerprint density at radius 1 is 1.16 bits per heavy atom. The van der Waals surface area contributed by atoms with Crippen LogP contribution in [0.5, 0.6) is 0 Å². The molecule has 0 saturated carbocycles. The highest BCUT2D eigenvalue weighted by Gasteiger charge is 2.11. The maximum atomic E-state index is 13.1. The van der Waals surface area contributed by atoms with Crippen LogP contribution in [-0.2, 0) is 24.5 Å². The summed E-state index contributed by atoms with van der Waals surface area (Å²) in [5.41, 5.74) is 2.09. The van der Waals surface area contributed by atoms with Crippen LogP contribution in [0.4, 0.5) is 8.78 Å². The summed E-state index contributed by atoms with van der Waals surface area (Å²) in [6.45, 7) is 0.263. The molecule has 0 aliphatic heterocycles. The molecule has 0 spiro atoms. The summed E-state index contributed by atoms with van der Waals surface area (Å²) in [6, 6.07) is 11.0. The third kappa shape index (κ3) is 3.83. The second-order valence-corrected chi connectivity index (χ2v) is 5.60. The number of aromatic nitrogens is 2. The van der Waals surface area contributed by atoms with Gasteiger partial charge in [-0.25, -0.2) is 13.8 Å². The molecule has 0 fully saturated rings. The zero-order valence-electron chi connectivity index (χ0n) is 13.4. The number of nitrogens with one attached hydrogen (secondary N) is 1. The molecule has 0 aliphatic rings. The molecule has 0 aliphatic carbocycles. The van der Waals surface area contributed by atoms with Crippen LogP contribution in [0.3, 0.4) is 0 Å². The van der Waals surface area contributed by atoms with Gasteiger partial charge in [-0.2, -0.15) is 0 Å². The highest BCUT2D eigenvalue weighted by molar-refractivity contribution is 5.78. The summed E-state index contributed by atoms with van der Waals surface area (Å²) in [5.74, 6) is -1.59. The standard InChI is InChI=1S/C18H17F2N3O2/c19-13-6-5-12(9-14(13)20)10-21-18(25)7-8-23-16-4-2-1-3-15(16)22-17(23)11-24/h1-6,9,24H,7-8,10-11H2,(H,21,25). The highest BCUT2D eigenvalue weighted by atomic mass is 19.2. The Hall–Kier alpha value is -2.80. The number of hydrogen-bond donors (Lipinski definition) is 2. The van der Waals surface area contributed by atoms with Crippen LogP contribution >= 0.6 is 0 Å². The maximum absolute atomic E-state index is 13.1. The minimum Gasteiger partial charge on any atom is -0.388 e. The lowest BCUT2D eigenvalue weighted by molar-refractivity contribution is -0.121. The summed E-state index contributed by atoms with van der Waals surface area (Å²) < 4.78 is 27.8. The van der Waals surface area contributed by atoms with Gasteiger partial charge in [-0.1, -0.05) is 18.2 Å². The number of carbonyl (C=O) groups excluding carboxylic acids is 1. The Labute approximate surface area is 142 Å². The number of rotatable bonds is 6. The summed E-state index contributed by atoms with van der Waals surface area (Å²) >= 11 is 0. The number of aryl methyl sites for hydroxylation is 1. The van der Waals surface area contributed by atoms with Gasteiger partial charge in [0.05, 0.1) is 11.0 Å². The Bertz CT molecular complexity index is 908. The van der Waals surface area contributed by atoms with Crippen molar-refractivity contribution in [3.05, 3.63) is 65.5 Å². The van der Waals surface area contributed by atoms with E-state index in [0.29, 0.717) is 17.9 Å². The van der Waals surface area contributed by atoms with E-state index in [4.69, 9.17) is 0 Å². The molecular weight excluding hydrogens is 328 g/mol. The fourth-order valence-corrected chi connectivity index (χ4v) is 2.65. The lowest BCUT2D eigenvalue weighted by atomic mass is 10.2. The number of carbonyl (C=O) groups is 1. The van der Waals surface area contributed by atoms with Gasteiger partial charge in [0.15, 0.2) is 11.6 Å². The van der Waals surface area contributed by atoms with E-state index in [1.54, 1.807) is 4.57 Å². The van der Waals surface area contributed by atoms with Crippen molar-refractivity contribution in [3.63, 3.8) is 0 Å². The van der Waals surface area contributed by atoms with Crippen LogP contribution in [0.2, 0.25) is 0 Å². The molecule has 1 heterocycles. The average molecular weight is 345 g/mol. The monoisotopic (exact) mass is 345 g/mol. The molecule has 1 amide bonds. The lowest BCUT2D eigenvalue weighted by Crippen LogP contribution is -2.24. The fourth-order valence-electron chi connectivity index (χ4n) is 2.65. The van der Waals surface area contributed by atoms with E-state index < -0.39 is 11.6 Å². The molecule has 130 valence electrons. The predicted molar refractivity (Wildman–Crippen MR) is 88.5 cm³/mol. The first-order valence-corrected chi connectivity index (χ1v) is 7.84. The summed E-state index contributed by atoms with van der Waals surface area (Å²) in [7, 11) is 0. The van der Waals surface area contributed by atoms with Crippen molar-refractivity contribution >= 4 is 16.9 Å². The van der Waals surface area contributed by atoms with Crippen molar-refractivity contribution in [3.8, 4) is 0 Å². The molecule has 3 aromatic rings. The molecule has 5 nitrogen and oxygen atoms in total. The zero-order valence-corrected chi connectivity index (χ0v) is 13.4. The van der Waals surface area contributed by atoms with Crippen molar-refractivity contribution in [2.75, 3.05) is 0 Å². The van der Waals surface area contributed by atoms with E-state index in [9.17, 15) is 18.7 Å². The number of halogens is 2. The van der Waals surface area contributed by atoms with Gasteiger partial charge in [0.2, 0.25) is 5.91 Å². The summed E-state index contributed by atoms with van der Waals surface area (Å²) in [6.07, 6.45) is 0.178. The molecule has 2 aromatic carbocycles. The molecule has 0 saturated heterocycles. The number of imidazole rings is 1. The second-order valence-electron chi connectivity index (χ2n) is 5.60. The Balaban J connectivity index is 1.61. The molecule has 0 unspecified atom stereocenters. The van der Waals surface area contributed by atoms with Crippen LogP contribution < -0.4 is 5.32 Å². The Morgan fingerprint density at radius 3 is 2.72 bits per heavy atom. The van der Waals surface area contributed by atoms with E-state index in [1.807, 2.05) is 24.3 Å². The minimum absolute atomic E-state index is 0.119. The quantitative estimate of drug-likeness (QED) is 0.721. The van der Waals surface area contributed by atoms with E-state index in [0.717, 1.165) is 23.2 Å². The van der Waals surface area contributed by atoms with Crippen LogP contribution in [0, 0.1) is 11.6 Å². The second kappa shape index (κ2) is 7.40. The number of benzene rings is 2. The van der Waals surface area contributed by atoms with Gasteiger partial charge in [0, 0.05) is 19.5 Å². The van der Waals surface area contributed by atoms with Crippen molar-refractivity contribution in [1.82, 2.24) is 14.9 Å². The van der Waals surface area contributed by atoms with Gasteiger partial charge in [-0.15, -0.1) is 0 Å². The normalized spacial score (nSPS) is 11.0. The number of aliphatic hydroxyl groups excluding tert-OH is 1. The minimum atomic E-state index is -0.941. The van der Waals surface area contributed by atoms with Crippen molar-refractivity contribution in [2.24, 2.45) is 0 Å². The summed E-state index contributed by atoms with van der Waals surface area (Å²) in [5, 5.41) is 12.1. The van der Waals surface area contributed by atoms with E-state index in [2.05, 4.69) is 10.3 Å². The first-order chi connectivity index (χ1) is 12.1. The predicted octanol–water partition coefficient (Wildman–Crippen LogP) is 2.51. The molecule has 7 heteroatoms. The number of hydrogen-bond acceptors (Lipinski definition) is 3. The molecular formula is C18H17F2N3O2. The zero-order chi connectivity index (χ0) is 17.8. The fraction of sp³-hybridized carbons (Fsp3) is 0.222. The number of amides is 1. The number of aliphatic hydroxyl groups is 1. The SMILES string of the molecule is O=C(CCn1c(CO)nc2ccccc21)NCc1ccc(F)c(F)c1. The van der Waals surface area contributed by atoms with Gasteiger partial charge >= 0.3 is 0 Å². The topological polar surface area (TPSA) is 67.2 Å². The van der Waals surface area contributed by atoms with Gasteiger partial charge < -0.3 is 15.0 Å². The molecule has 0 atom stereocenters. The van der Waals surface area contributed by atoms with E-state index >= 15 is 0 Å². The average Bonchev–Trinajstić information content (AvgIpc) is 2.98. The highest BCUT2D eigenvalue weighted by Crippen LogP contribution is 2.16. The first-order valence-electron chi connectivity index (χ1n) is 7.84. The lowest BCUT2D eigenvalue weighted by Gasteiger charge is -2.09. The number of nitrogens with zero attached hydrogens (tertiary/aromatic N) is 2.